The third-order valence-electron chi connectivity index (χ3n) is 5.28. The van der Waals surface area contributed by atoms with Crippen LogP contribution in [0.25, 0.3) is 0 Å². The van der Waals surface area contributed by atoms with Crippen LogP contribution in [0.3, 0.4) is 0 Å². The Bertz CT molecular complexity index is 730. The molecule has 6 nitrogen and oxygen atoms in total. The number of nitrogens with zero attached hydrogens (tertiary/aromatic N) is 3. The van der Waals surface area contributed by atoms with Crippen molar-refractivity contribution in [3.05, 3.63) is 46.4 Å². The molecule has 0 N–H and O–H groups in total. The van der Waals surface area contributed by atoms with E-state index in [-0.39, 0.29) is 5.91 Å². The SMILES string of the molecule is COCCN(CC1CCN(Cc2ccccc2OC)CC1)C(=O)c1cscn1. The van der Waals surface area contributed by atoms with Gasteiger partial charge in [-0.25, -0.2) is 4.98 Å². The molecule has 0 unspecified atom stereocenters. The summed E-state index contributed by atoms with van der Waals surface area (Å²) in [6.45, 7) is 4.89. The van der Waals surface area contributed by atoms with E-state index in [1.165, 1.54) is 16.9 Å². The van der Waals surface area contributed by atoms with Crippen molar-refractivity contribution in [2.24, 2.45) is 5.92 Å². The molecule has 2 aromatic rings. The molecule has 0 aliphatic carbocycles. The van der Waals surface area contributed by atoms with Gasteiger partial charge in [-0.2, -0.15) is 0 Å². The molecule has 0 bridgehead atoms. The first kappa shape index (κ1) is 20.8. The molecule has 0 saturated carbocycles. The highest BCUT2D eigenvalue weighted by molar-refractivity contribution is 7.07. The van der Waals surface area contributed by atoms with Crippen LogP contribution in [-0.2, 0) is 11.3 Å². The minimum Gasteiger partial charge on any atom is -0.496 e. The molecule has 1 fully saturated rings. The zero-order valence-corrected chi connectivity index (χ0v) is 17.5. The molecule has 1 aliphatic rings. The maximum Gasteiger partial charge on any atom is 0.273 e. The van der Waals surface area contributed by atoms with Crippen molar-refractivity contribution in [1.29, 1.82) is 0 Å². The Morgan fingerprint density at radius 2 is 2.07 bits per heavy atom. The van der Waals surface area contributed by atoms with Gasteiger partial charge in [0, 0.05) is 37.7 Å². The fraction of sp³-hybridized carbons (Fsp3) is 0.524. The zero-order valence-electron chi connectivity index (χ0n) is 16.7. The van der Waals surface area contributed by atoms with Gasteiger partial charge in [-0.15, -0.1) is 11.3 Å². The summed E-state index contributed by atoms with van der Waals surface area (Å²) in [7, 11) is 3.39. The van der Waals surface area contributed by atoms with Gasteiger partial charge in [0.15, 0.2) is 0 Å². The lowest BCUT2D eigenvalue weighted by molar-refractivity contribution is 0.0612. The number of carbonyl (C=O) groups excluding carboxylic acids is 1. The van der Waals surface area contributed by atoms with Crippen molar-refractivity contribution in [2.75, 3.05) is 47.0 Å². The largest absolute Gasteiger partial charge is 0.496 e. The highest BCUT2D eigenvalue weighted by Gasteiger charge is 2.25. The first-order valence-electron chi connectivity index (χ1n) is 9.72. The molecule has 1 aromatic carbocycles. The molecule has 152 valence electrons. The number of para-hydroxylation sites is 1. The standard InChI is InChI=1S/C21H29N3O3S/c1-26-12-11-24(21(25)19-15-28-16-22-19)13-17-7-9-23(10-8-17)14-18-5-3-4-6-20(18)27-2/h3-6,15-17H,7-14H2,1-2H3. The van der Waals surface area contributed by atoms with E-state index in [4.69, 9.17) is 9.47 Å². The van der Waals surface area contributed by atoms with Crippen LogP contribution in [0, 0.1) is 5.92 Å². The average Bonchev–Trinajstić information content (AvgIpc) is 3.27. The van der Waals surface area contributed by atoms with Crippen molar-refractivity contribution in [2.45, 2.75) is 19.4 Å². The Morgan fingerprint density at radius 3 is 2.75 bits per heavy atom. The first-order valence-corrected chi connectivity index (χ1v) is 10.7. The van der Waals surface area contributed by atoms with E-state index in [1.807, 2.05) is 22.4 Å². The number of ether oxygens (including phenoxy) is 2. The summed E-state index contributed by atoms with van der Waals surface area (Å²) in [6, 6.07) is 8.20. The number of likely N-dealkylation sites (tertiary alicyclic amines) is 1. The van der Waals surface area contributed by atoms with Crippen LogP contribution in [0.4, 0.5) is 0 Å². The van der Waals surface area contributed by atoms with Crippen LogP contribution in [-0.4, -0.2) is 67.7 Å². The molecule has 1 amide bonds. The first-order chi connectivity index (χ1) is 13.7. The van der Waals surface area contributed by atoms with Gasteiger partial charge in [0.25, 0.3) is 5.91 Å². The van der Waals surface area contributed by atoms with Crippen LogP contribution in [0.15, 0.2) is 35.2 Å². The number of hydrogen-bond donors (Lipinski definition) is 0. The van der Waals surface area contributed by atoms with Crippen molar-refractivity contribution >= 4 is 17.2 Å². The predicted molar refractivity (Wildman–Crippen MR) is 111 cm³/mol. The van der Waals surface area contributed by atoms with Crippen LogP contribution in [0.2, 0.25) is 0 Å². The Morgan fingerprint density at radius 1 is 1.29 bits per heavy atom. The summed E-state index contributed by atoms with van der Waals surface area (Å²) in [4.78, 5) is 21.3. The minimum absolute atomic E-state index is 0.00903. The molecule has 1 aromatic heterocycles. The summed E-state index contributed by atoms with van der Waals surface area (Å²) in [5.41, 5.74) is 3.47. The quantitative estimate of drug-likeness (QED) is 0.644. The van der Waals surface area contributed by atoms with Crippen LogP contribution in [0.5, 0.6) is 5.75 Å². The van der Waals surface area contributed by atoms with Gasteiger partial charge in [0.05, 0.1) is 19.2 Å². The molecule has 0 radical (unpaired) electrons. The molecule has 7 heteroatoms. The number of methoxy groups -OCH3 is 2. The van der Waals surface area contributed by atoms with Gasteiger partial charge in [-0.3, -0.25) is 9.69 Å². The second kappa shape index (κ2) is 10.5. The number of hydrogen-bond acceptors (Lipinski definition) is 6. The molecule has 1 aliphatic heterocycles. The zero-order chi connectivity index (χ0) is 19.8. The highest BCUT2D eigenvalue weighted by Crippen LogP contribution is 2.24. The molecular weight excluding hydrogens is 374 g/mol. The average molecular weight is 404 g/mol. The molecule has 0 spiro atoms. The number of thiazole rings is 1. The van der Waals surface area contributed by atoms with Crippen molar-refractivity contribution < 1.29 is 14.3 Å². The lowest BCUT2D eigenvalue weighted by Gasteiger charge is -2.35. The maximum atomic E-state index is 12.8. The van der Waals surface area contributed by atoms with E-state index in [1.54, 1.807) is 19.7 Å². The van der Waals surface area contributed by atoms with Gasteiger partial charge in [0.1, 0.15) is 11.4 Å². The van der Waals surface area contributed by atoms with E-state index >= 15 is 0 Å². The minimum atomic E-state index is 0.00903. The summed E-state index contributed by atoms with van der Waals surface area (Å²) < 4.78 is 10.7. The number of piperidine rings is 1. The van der Waals surface area contributed by atoms with E-state index in [9.17, 15) is 4.79 Å². The monoisotopic (exact) mass is 403 g/mol. The second-order valence-electron chi connectivity index (χ2n) is 7.15. The molecule has 2 heterocycles. The summed E-state index contributed by atoms with van der Waals surface area (Å²) in [6.07, 6.45) is 2.17. The number of rotatable bonds is 9. The Kier molecular flexibility index (Phi) is 7.82. The summed E-state index contributed by atoms with van der Waals surface area (Å²) in [5.74, 6) is 1.47. The summed E-state index contributed by atoms with van der Waals surface area (Å²) in [5, 5.41) is 1.82. The summed E-state index contributed by atoms with van der Waals surface area (Å²) >= 11 is 1.45. The molecule has 3 rings (SSSR count). The fourth-order valence-corrected chi connectivity index (χ4v) is 4.20. The normalized spacial score (nSPS) is 15.5. The number of benzene rings is 1. The predicted octanol–water partition coefficient (Wildman–Crippen LogP) is 3.15. The molecule has 0 atom stereocenters. The lowest BCUT2D eigenvalue weighted by atomic mass is 9.95. The molecular formula is C21H29N3O3S. The molecule has 1 saturated heterocycles. The maximum absolute atomic E-state index is 12.8. The van der Waals surface area contributed by atoms with Gasteiger partial charge in [-0.1, -0.05) is 18.2 Å². The van der Waals surface area contributed by atoms with Crippen molar-refractivity contribution in [3.8, 4) is 5.75 Å². The van der Waals surface area contributed by atoms with Gasteiger partial charge < -0.3 is 14.4 Å². The molecule has 28 heavy (non-hydrogen) atoms. The smallest absolute Gasteiger partial charge is 0.273 e. The highest BCUT2D eigenvalue weighted by atomic mass is 32.1. The topological polar surface area (TPSA) is 54.9 Å². The van der Waals surface area contributed by atoms with Gasteiger partial charge >= 0.3 is 0 Å². The van der Waals surface area contributed by atoms with Crippen LogP contribution < -0.4 is 4.74 Å². The fourth-order valence-electron chi connectivity index (χ4n) is 3.67. The Labute approximate surface area is 171 Å². The van der Waals surface area contributed by atoms with Crippen molar-refractivity contribution in [1.82, 2.24) is 14.8 Å². The van der Waals surface area contributed by atoms with E-state index < -0.39 is 0 Å². The number of amides is 1. The van der Waals surface area contributed by atoms with Crippen LogP contribution >= 0.6 is 11.3 Å². The second-order valence-corrected chi connectivity index (χ2v) is 7.87. The van der Waals surface area contributed by atoms with E-state index in [0.29, 0.717) is 24.8 Å². The van der Waals surface area contributed by atoms with E-state index in [2.05, 4.69) is 22.0 Å². The number of carbonyl (C=O) groups is 1. The van der Waals surface area contributed by atoms with Gasteiger partial charge in [0.2, 0.25) is 0 Å². The Hall–Kier alpha value is -1.96. The van der Waals surface area contributed by atoms with E-state index in [0.717, 1.165) is 44.8 Å². The lowest BCUT2D eigenvalue weighted by Crippen LogP contribution is -2.42. The third-order valence-corrected chi connectivity index (χ3v) is 5.86. The van der Waals surface area contributed by atoms with Crippen molar-refractivity contribution in [3.63, 3.8) is 0 Å². The Balaban J connectivity index is 1.53. The van der Waals surface area contributed by atoms with Gasteiger partial charge in [-0.05, 0) is 37.9 Å². The number of aromatic nitrogens is 1. The van der Waals surface area contributed by atoms with Crippen LogP contribution in [0.1, 0.15) is 28.9 Å². The third kappa shape index (κ3) is 5.53.